The first-order valence-corrected chi connectivity index (χ1v) is 2.52. The van der Waals surface area contributed by atoms with E-state index in [-0.39, 0.29) is 0 Å². The third kappa shape index (κ3) is 1.83. The molecular formula is C6H4F3NO. The van der Waals surface area contributed by atoms with E-state index in [1.165, 1.54) is 0 Å². The predicted octanol–water partition coefficient (Wildman–Crippen LogP) is 1.39. The van der Waals surface area contributed by atoms with Crippen molar-refractivity contribution in [2.24, 2.45) is 0 Å². The minimum Gasteiger partial charge on any atom is -0.329 e. The molecule has 1 rings (SSSR count). The number of hydrogen-bond donors (Lipinski definition) is 1. The van der Waals surface area contributed by atoms with Crippen molar-refractivity contribution in [2.75, 3.05) is 0 Å². The maximum atomic E-state index is 12.2. The molecule has 0 aliphatic heterocycles. The smallest absolute Gasteiger partial charge is 0.329 e. The maximum absolute atomic E-state index is 12.2. The second kappa shape index (κ2) is 2.41. The van der Waals surface area contributed by atoms with Crippen molar-refractivity contribution >= 4 is 0 Å². The number of aromatic amines is 1. The summed E-state index contributed by atoms with van der Waals surface area (Å²) in [5.41, 5.74) is -3.00. The van der Waals surface area contributed by atoms with Crippen molar-refractivity contribution in [3.05, 3.63) is 34.2 Å². The van der Waals surface area contributed by atoms with Crippen LogP contribution in [0.5, 0.6) is 0 Å². The van der Waals surface area contributed by atoms with E-state index in [1.807, 2.05) is 0 Å². The van der Waals surface area contributed by atoms with Crippen LogP contribution in [0.15, 0.2) is 23.1 Å². The normalized spacial score (nSPS) is 15.4. The number of hydrogen-bond acceptors (Lipinski definition) is 1. The zero-order valence-corrected chi connectivity index (χ0v) is 5.04. The molecule has 0 fully saturated rings. The highest BCUT2D eigenvalue weighted by molar-refractivity contribution is 5.13. The molecule has 0 atom stereocenters. The lowest BCUT2D eigenvalue weighted by atomic mass is 10.3. The van der Waals surface area contributed by atoms with E-state index in [9.17, 15) is 18.0 Å². The van der Waals surface area contributed by atoms with Gasteiger partial charge in [0.05, 0.1) is 9.68 Å². The lowest BCUT2D eigenvalue weighted by Crippen LogP contribution is -2.11. The summed E-state index contributed by atoms with van der Waals surface area (Å²) in [4.78, 5) is 12.4. The van der Waals surface area contributed by atoms with Crippen LogP contribution in [0.3, 0.4) is 0 Å². The van der Waals surface area contributed by atoms with Gasteiger partial charge in [0.25, 0.3) is 0 Å². The number of alkyl halides is 3. The fourth-order valence-electron chi connectivity index (χ4n) is 0.468. The van der Waals surface area contributed by atoms with Gasteiger partial charge in [-0.1, -0.05) is 0 Å². The van der Waals surface area contributed by atoms with E-state index in [2.05, 4.69) is 0 Å². The van der Waals surface area contributed by atoms with E-state index < -0.39 is 35.6 Å². The summed E-state index contributed by atoms with van der Waals surface area (Å²) >= 11 is 0. The number of pyridine rings is 1. The number of aromatic nitrogens is 1. The Bertz CT molecular complexity index is 426. The number of rotatable bonds is 0. The molecular weight excluding hydrogens is 159 g/mol. The number of H-pyrrole nitrogens is 1. The van der Waals surface area contributed by atoms with Gasteiger partial charge in [0.15, 0.2) is 0 Å². The van der Waals surface area contributed by atoms with E-state index in [0.717, 1.165) is 0 Å². The quantitative estimate of drug-likeness (QED) is 0.620. The van der Waals surface area contributed by atoms with Gasteiger partial charge < -0.3 is 4.98 Å². The molecule has 0 aromatic carbocycles. The van der Waals surface area contributed by atoms with Crippen molar-refractivity contribution in [3.63, 3.8) is 0 Å². The fourth-order valence-corrected chi connectivity index (χ4v) is 0.468. The van der Waals surface area contributed by atoms with Crippen LogP contribution < -0.4 is 5.56 Å². The summed E-state index contributed by atoms with van der Waals surface area (Å²) in [7, 11) is 0. The first-order valence-electron chi connectivity index (χ1n) is 4.02. The molecule has 11 heavy (non-hydrogen) atoms. The summed E-state index contributed by atoms with van der Waals surface area (Å²) in [5, 5.41) is 0. The summed E-state index contributed by atoms with van der Waals surface area (Å²) in [6.07, 6.45) is -5.91. The van der Waals surface area contributed by atoms with Crippen molar-refractivity contribution in [1.29, 1.82) is 0 Å². The largest absolute Gasteiger partial charge is 0.416 e. The highest BCUT2D eigenvalue weighted by atomic mass is 19.4. The predicted molar refractivity (Wildman–Crippen MR) is 32.1 cm³/mol. The van der Waals surface area contributed by atoms with Crippen LogP contribution in [-0.4, -0.2) is 4.98 Å². The minimum absolute atomic E-state index is 0.946. The summed E-state index contributed by atoms with van der Waals surface area (Å²) in [6, 6.07) is -2.53. The van der Waals surface area contributed by atoms with Gasteiger partial charge in [-0.2, -0.15) is 13.2 Å². The lowest BCUT2D eigenvalue weighted by Gasteiger charge is -2.03. The van der Waals surface area contributed by atoms with Crippen molar-refractivity contribution in [2.45, 2.75) is 6.18 Å². The molecule has 1 aromatic heterocycles. The molecule has 0 bridgehead atoms. The minimum atomic E-state index is -4.96. The van der Waals surface area contributed by atoms with Crippen LogP contribution in [0.1, 0.15) is 9.68 Å². The molecule has 1 N–H and O–H groups in total. The molecule has 1 aromatic rings. The van der Waals surface area contributed by atoms with Crippen molar-refractivity contribution in [1.82, 2.24) is 4.98 Å². The van der Waals surface area contributed by atoms with Gasteiger partial charge >= 0.3 is 6.18 Å². The Labute approximate surface area is 63.9 Å². The maximum Gasteiger partial charge on any atom is 0.416 e. The Balaban J connectivity index is 3.65. The first kappa shape index (κ1) is 4.58. The molecule has 0 amide bonds. The monoisotopic (exact) mass is 166 g/mol. The molecule has 0 unspecified atom stereocenters. The summed E-state index contributed by atoms with van der Waals surface area (Å²) in [6.45, 7) is 0. The second-order valence-electron chi connectivity index (χ2n) is 1.70. The van der Waals surface area contributed by atoms with Crippen molar-refractivity contribution in [3.8, 4) is 0 Å². The Kier molecular flexibility index (Phi) is 1.00. The topological polar surface area (TPSA) is 32.9 Å². The van der Waals surface area contributed by atoms with Gasteiger partial charge in [-0.05, 0) is 6.04 Å². The summed E-state index contributed by atoms with van der Waals surface area (Å²) < 4.78 is 57.1. The molecule has 0 saturated carbocycles. The third-order valence-electron chi connectivity index (χ3n) is 0.886. The zero-order chi connectivity index (χ0) is 11.1. The Morgan fingerprint density at radius 2 is 2.18 bits per heavy atom. The van der Waals surface area contributed by atoms with Crippen LogP contribution in [0.2, 0.25) is 0 Å². The van der Waals surface area contributed by atoms with E-state index >= 15 is 0 Å². The number of halogens is 3. The summed E-state index contributed by atoms with van der Waals surface area (Å²) in [5.74, 6) is 0. The second-order valence-corrected chi connectivity index (χ2v) is 1.70. The highest BCUT2D eigenvalue weighted by Gasteiger charge is 2.30. The molecule has 60 valence electrons. The van der Waals surface area contributed by atoms with Crippen LogP contribution in [0.25, 0.3) is 0 Å². The van der Waals surface area contributed by atoms with Crippen molar-refractivity contribution < 1.29 is 17.3 Å². The molecule has 0 radical (unpaired) electrons. The first-order chi connectivity index (χ1) is 6.25. The zero-order valence-electron chi connectivity index (χ0n) is 8.04. The molecule has 0 aliphatic carbocycles. The highest BCUT2D eigenvalue weighted by Crippen LogP contribution is 2.27. The number of nitrogens with one attached hydrogen (secondary N) is 1. The standard InChI is InChI=1S/C6H4F3NO/c7-6(8,9)4-1-2-10-5(11)3-4/h1-3H,(H,10,11)/i1D,2D,3D. The van der Waals surface area contributed by atoms with Gasteiger partial charge in [0.2, 0.25) is 5.56 Å². The van der Waals surface area contributed by atoms with Crippen LogP contribution in [-0.2, 0) is 6.18 Å². The van der Waals surface area contributed by atoms with E-state index in [1.54, 1.807) is 4.98 Å². The van der Waals surface area contributed by atoms with Gasteiger partial charge in [0, 0.05) is 12.2 Å². The van der Waals surface area contributed by atoms with E-state index in [4.69, 9.17) is 4.11 Å². The Morgan fingerprint density at radius 1 is 1.55 bits per heavy atom. The van der Waals surface area contributed by atoms with Gasteiger partial charge in [-0.25, -0.2) is 0 Å². The fraction of sp³-hybridized carbons (Fsp3) is 0.167. The van der Waals surface area contributed by atoms with Crippen LogP contribution in [0.4, 0.5) is 13.2 Å². The molecule has 0 aliphatic rings. The molecule has 1 heterocycles. The van der Waals surface area contributed by atoms with Crippen LogP contribution >= 0.6 is 0 Å². The average molecular weight is 166 g/mol. The molecule has 0 spiro atoms. The molecule has 0 saturated heterocycles. The lowest BCUT2D eigenvalue weighted by molar-refractivity contribution is -0.137. The average Bonchev–Trinajstić information content (AvgIpc) is 1.98. The molecule has 5 heteroatoms. The van der Waals surface area contributed by atoms with E-state index in [0.29, 0.717) is 0 Å². The third-order valence-corrected chi connectivity index (χ3v) is 0.886. The Hall–Kier alpha value is -1.26. The van der Waals surface area contributed by atoms with Crippen LogP contribution in [0, 0.1) is 0 Å². The SMILES string of the molecule is [2H]c1[nH]c(=O)c([2H])c(C(F)(F)F)c1[2H]. The van der Waals surface area contributed by atoms with Gasteiger partial charge in [-0.15, -0.1) is 0 Å². The van der Waals surface area contributed by atoms with Gasteiger partial charge in [-0.3, -0.25) is 4.79 Å². The Morgan fingerprint density at radius 3 is 2.73 bits per heavy atom. The van der Waals surface area contributed by atoms with Gasteiger partial charge in [0.1, 0.15) is 0 Å². The molecule has 2 nitrogen and oxygen atoms in total.